The lowest BCUT2D eigenvalue weighted by Crippen LogP contribution is -2.20. The molecule has 2 aromatic rings. The molecule has 21 heavy (non-hydrogen) atoms. The number of carbonyl (C=O) groups excluding carboxylic acids is 1. The number of rotatable bonds is 4. The lowest BCUT2D eigenvalue weighted by atomic mass is 10.3. The maximum Gasteiger partial charge on any atom is 0.262 e. The van der Waals surface area contributed by atoms with Crippen molar-refractivity contribution < 1.29 is 13.9 Å². The van der Waals surface area contributed by atoms with E-state index in [4.69, 9.17) is 39.5 Å². The van der Waals surface area contributed by atoms with Gasteiger partial charge < -0.3 is 10.1 Å². The highest BCUT2D eigenvalue weighted by molar-refractivity contribution is 6.44. The monoisotopic (exact) mass is 347 g/mol. The Bertz CT molecular complexity index is 679. The molecular formula is C14H9Cl3FNO2. The molecule has 3 nitrogen and oxygen atoms in total. The summed E-state index contributed by atoms with van der Waals surface area (Å²) in [7, 11) is 0. The molecule has 2 aromatic carbocycles. The van der Waals surface area contributed by atoms with Gasteiger partial charge in [0, 0.05) is 0 Å². The molecule has 0 bridgehead atoms. The summed E-state index contributed by atoms with van der Waals surface area (Å²) < 4.78 is 18.1. The smallest absolute Gasteiger partial charge is 0.262 e. The van der Waals surface area contributed by atoms with Crippen molar-refractivity contribution >= 4 is 46.4 Å². The molecule has 0 atom stereocenters. The molecule has 0 radical (unpaired) electrons. The zero-order valence-corrected chi connectivity index (χ0v) is 12.8. The van der Waals surface area contributed by atoms with Gasteiger partial charge in [-0.2, -0.15) is 0 Å². The molecule has 0 unspecified atom stereocenters. The first kappa shape index (κ1) is 15.9. The largest absolute Gasteiger partial charge is 0.482 e. The minimum absolute atomic E-state index is 0.0867. The Balaban J connectivity index is 1.97. The van der Waals surface area contributed by atoms with Gasteiger partial charge in [-0.1, -0.05) is 40.9 Å². The number of halogens is 4. The molecule has 7 heteroatoms. The van der Waals surface area contributed by atoms with Crippen LogP contribution in [0, 0.1) is 5.82 Å². The molecule has 0 aromatic heterocycles. The van der Waals surface area contributed by atoms with E-state index in [9.17, 15) is 9.18 Å². The number of benzene rings is 2. The maximum absolute atomic E-state index is 12.9. The van der Waals surface area contributed by atoms with Gasteiger partial charge in [0.05, 0.1) is 20.8 Å². The molecule has 1 N–H and O–H groups in total. The van der Waals surface area contributed by atoms with Crippen LogP contribution in [0.5, 0.6) is 5.75 Å². The van der Waals surface area contributed by atoms with Crippen molar-refractivity contribution in [2.24, 2.45) is 0 Å². The first-order valence-electron chi connectivity index (χ1n) is 5.79. The highest BCUT2D eigenvalue weighted by Gasteiger charge is 2.10. The van der Waals surface area contributed by atoms with Crippen LogP contribution in [0.25, 0.3) is 0 Å². The van der Waals surface area contributed by atoms with Crippen LogP contribution in [-0.4, -0.2) is 12.5 Å². The first-order chi connectivity index (χ1) is 9.97. The Hall–Kier alpha value is -1.49. The number of nitrogens with one attached hydrogen (secondary N) is 1. The summed E-state index contributed by atoms with van der Waals surface area (Å²) in [5.41, 5.74) is 0.378. The molecule has 0 spiro atoms. The third kappa shape index (κ3) is 4.24. The fraction of sp³-hybridized carbons (Fsp3) is 0.0714. The van der Waals surface area contributed by atoms with Gasteiger partial charge in [-0.05, 0) is 30.3 Å². The van der Waals surface area contributed by atoms with E-state index in [-0.39, 0.29) is 22.4 Å². The summed E-state index contributed by atoms with van der Waals surface area (Å²) in [5, 5.41) is 3.21. The lowest BCUT2D eigenvalue weighted by Gasteiger charge is -2.10. The number of amides is 1. The molecule has 0 saturated carbocycles. The fourth-order valence-electron chi connectivity index (χ4n) is 1.52. The molecule has 0 heterocycles. The molecule has 0 aliphatic carbocycles. The minimum Gasteiger partial charge on any atom is -0.482 e. The average Bonchev–Trinajstić information content (AvgIpc) is 2.43. The Morgan fingerprint density at radius 3 is 2.62 bits per heavy atom. The third-order valence-corrected chi connectivity index (χ3v) is 3.59. The van der Waals surface area contributed by atoms with Crippen LogP contribution in [-0.2, 0) is 4.79 Å². The van der Waals surface area contributed by atoms with Crippen molar-refractivity contribution in [1.29, 1.82) is 0 Å². The van der Waals surface area contributed by atoms with E-state index in [2.05, 4.69) is 5.32 Å². The zero-order chi connectivity index (χ0) is 15.4. The number of hydrogen-bond acceptors (Lipinski definition) is 2. The molecule has 2 rings (SSSR count). The van der Waals surface area contributed by atoms with Crippen LogP contribution in [0.2, 0.25) is 15.1 Å². The summed E-state index contributed by atoms with van der Waals surface area (Å²) in [4.78, 5) is 11.8. The lowest BCUT2D eigenvalue weighted by molar-refractivity contribution is -0.118. The van der Waals surface area contributed by atoms with Gasteiger partial charge >= 0.3 is 0 Å². The van der Waals surface area contributed by atoms with Crippen molar-refractivity contribution in [3.63, 3.8) is 0 Å². The first-order valence-corrected chi connectivity index (χ1v) is 6.92. The second kappa shape index (κ2) is 6.98. The summed E-state index contributed by atoms with van der Waals surface area (Å²) in [6.07, 6.45) is 0. The molecule has 110 valence electrons. The quantitative estimate of drug-likeness (QED) is 0.861. The second-order valence-electron chi connectivity index (χ2n) is 4.01. The topological polar surface area (TPSA) is 38.3 Å². The molecule has 0 saturated heterocycles. The highest BCUT2D eigenvalue weighted by atomic mass is 35.5. The van der Waals surface area contributed by atoms with Crippen LogP contribution in [0.15, 0.2) is 36.4 Å². The third-order valence-electron chi connectivity index (χ3n) is 2.48. The summed E-state index contributed by atoms with van der Waals surface area (Å²) >= 11 is 17.6. The predicted molar refractivity (Wildman–Crippen MR) is 82.0 cm³/mol. The highest BCUT2D eigenvalue weighted by Crippen LogP contribution is 2.29. The number of anilines is 1. The molecule has 1 amide bonds. The SMILES string of the molecule is O=C(COc1ccc(F)cc1Cl)Nc1cccc(Cl)c1Cl. The van der Waals surface area contributed by atoms with E-state index in [1.165, 1.54) is 12.1 Å². The predicted octanol–water partition coefficient (Wildman–Crippen LogP) is 4.80. The number of ether oxygens (including phenoxy) is 1. The van der Waals surface area contributed by atoms with Gasteiger partial charge in [0.2, 0.25) is 0 Å². The van der Waals surface area contributed by atoms with Gasteiger partial charge in [0.1, 0.15) is 11.6 Å². The summed E-state index contributed by atoms with van der Waals surface area (Å²) in [6, 6.07) is 8.50. The fourth-order valence-corrected chi connectivity index (χ4v) is 2.09. The van der Waals surface area contributed by atoms with Gasteiger partial charge in [-0.3, -0.25) is 4.79 Å². The van der Waals surface area contributed by atoms with Crippen LogP contribution in [0.3, 0.4) is 0 Å². The molecule has 0 aliphatic rings. The number of hydrogen-bond donors (Lipinski definition) is 1. The van der Waals surface area contributed by atoms with Gasteiger partial charge in [0.25, 0.3) is 5.91 Å². The van der Waals surface area contributed by atoms with Gasteiger partial charge in [0.15, 0.2) is 6.61 Å². The van der Waals surface area contributed by atoms with Crippen molar-refractivity contribution in [3.05, 3.63) is 57.3 Å². The standard InChI is InChI=1S/C14H9Cl3FNO2/c15-9-2-1-3-11(14(9)17)19-13(20)7-21-12-5-4-8(18)6-10(12)16/h1-6H,7H2,(H,19,20). The average molecular weight is 349 g/mol. The second-order valence-corrected chi connectivity index (χ2v) is 5.21. The van der Waals surface area contributed by atoms with Crippen LogP contribution in [0.1, 0.15) is 0 Å². The Labute approximate surface area is 135 Å². The van der Waals surface area contributed by atoms with Gasteiger partial charge in [-0.15, -0.1) is 0 Å². The molecule has 0 aliphatic heterocycles. The molecular weight excluding hydrogens is 340 g/mol. The number of carbonyl (C=O) groups is 1. The van der Waals surface area contributed by atoms with E-state index in [0.29, 0.717) is 10.7 Å². The van der Waals surface area contributed by atoms with Gasteiger partial charge in [-0.25, -0.2) is 4.39 Å². The van der Waals surface area contributed by atoms with E-state index >= 15 is 0 Å². The zero-order valence-electron chi connectivity index (χ0n) is 10.5. The van der Waals surface area contributed by atoms with Crippen LogP contribution in [0.4, 0.5) is 10.1 Å². The summed E-state index contributed by atoms with van der Waals surface area (Å²) in [5.74, 6) is -0.715. The minimum atomic E-state index is -0.484. The van der Waals surface area contributed by atoms with Crippen molar-refractivity contribution in [2.75, 3.05) is 11.9 Å². The maximum atomic E-state index is 12.9. The van der Waals surface area contributed by atoms with Crippen molar-refractivity contribution in [3.8, 4) is 5.75 Å². The van der Waals surface area contributed by atoms with Crippen molar-refractivity contribution in [2.45, 2.75) is 0 Å². The Morgan fingerprint density at radius 1 is 1.14 bits per heavy atom. The summed E-state index contributed by atoms with van der Waals surface area (Å²) in [6.45, 7) is -0.297. The van der Waals surface area contributed by atoms with E-state index in [1.807, 2.05) is 0 Å². The van der Waals surface area contributed by atoms with E-state index < -0.39 is 11.7 Å². The Morgan fingerprint density at radius 2 is 1.90 bits per heavy atom. The normalized spacial score (nSPS) is 10.3. The van der Waals surface area contributed by atoms with Crippen LogP contribution >= 0.6 is 34.8 Å². The van der Waals surface area contributed by atoms with Crippen molar-refractivity contribution in [1.82, 2.24) is 0 Å². The Kier molecular flexibility index (Phi) is 5.28. The van der Waals surface area contributed by atoms with E-state index in [0.717, 1.165) is 6.07 Å². The van der Waals surface area contributed by atoms with Crippen LogP contribution < -0.4 is 10.1 Å². The van der Waals surface area contributed by atoms with E-state index in [1.54, 1.807) is 18.2 Å². The molecule has 0 fully saturated rings.